The number of halogens is 1. The van der Waals surface area contributed by atoms with E-state index < -0.39 is 4.92 Å². The van der Waals surface area contributed by atoms with Crippen LogP contribution in [0.2, 0.25) is 5.15 Å². The van der Waals surface area contributed by atoms with Gasteiger partial charge >= 0.3 is 0 Å². The van der Waals surface area contributed by atoms with E-state index in [1.54, 1.807) is 6.07 Å². The van der Waals surface area contributed by atoms with Crippen molar-refractivity contribution >= 4 is 28.2 Å². The molecule has 0 saturated heterocycles. The number of nitrogens with zero attached hydrogens (tertiary/aromatic N) is 3. The molecule has 0 N–H and O–H groups in total. The number of hydrogen-bond acceptors (Lipinski definition) is 4. The molecule has 2 aromatic rings. The maximum atomic E-state index is 10.5. The number of non-ortho nitro benzene ring substituents is 1. The number of benzene rings is 1. The number of nitro benzene ring substituents is 1. The van der Waals surface area contributed by atoms with E-state index in [0.29, 0.717) is 10.9 Å². The summed E-state index contributed by atoms with van der Waals surface area (Å²) in [7, 11) is 0. The van der Waals surface area contributed by atoms with Crippen LogP contribution in [-0.4, -0.2) is 14.9 Å². The van der Waals surface area contributed by atoms with Crippen LogP contribution >= 0.6 is 11.6 Å². The molecule has 6 heteroatoms. The Kier molecular flexibility index (Phi) is 4.13. The summed E-state index contributed by atoms with van der Waals surface area (Å²) in [4.78, 5) is 17.7. The Morgan fingerprint density at radius 3 is 2.62 bits per heavy atom. The molecule has 5 nitrogen and oxygen atoms in total. The average Bonchev–Trinajstić information content (AvgIpc) is 2.32. The largest absolute Gasteiger partial charge is 0.270 e. The summed E-state index contributed by atoms with van der Waals surface area (Å²) >= 11 is 5.76. The molecule has 0 saturated carbocycles. The lowest BCUT2D eigenvalue weighted by Gasteiger charge is -1.97. The van der Waals surface area contributed by atoms with Crippen LogP contribution in [-0.2, 0) is 0 Å². The Bertz CT molecular complexity index is 516. The maximum absolute atomic E-state index is 10.5. The predicted molar refractivity (Wildman–Crippen MR) is 62.6 cm³/mol. The van der Waals surface area contributed by atoms with Crippen molar-refractivity contribution in [1.82, 2.24) is 9.97 Å². The molecule has 0 spiro atoms. The molecule has 1 heterocycles. The van der Waals surface area contributed by atoms with Crippen LogP contribution in [0.3, 0.4) is 0 Å². The van der Waals surface area contributed by atoms with Gasteiger partial charge in [0.1, 0.15) is 11.5 Å². The minimum atomic E-state index is -0.483. The highest BCUT2D eigenvalue weighted by atomic mass is 35.5. The van der Waals surface area contributed by atoms with Gasteiger partial charge in [-0.2, -0.15) is 0 Å². The summed E-state index contributed by atoms with van der Waals surface area (Å²) in [6.45, 7) is 4.00. The first-order valence-corrected chi connectivity index (χ1v) is 5.11. The number of nitro groups is 1. The highest BCUT2D eigenvalue weighted by molar-refractivity contribution is 6.34. The Labute approximate surface area is 97.2 Å². The Morgan fingerprint density at radius 1 is 1.31 bits per heavy atom. The van der Waals surface area contributed by atoms with Gasteiger partial charge in [-0.05, 0) is 6.07 Å². The fraction of sp³-hybridized carbons (Fsp3) is 0.200. The summed E-state index contributed by atoms with van der Waals surface area (Å²) in [5.74, 6) is 0. The zero-order valence-corrected chi connectivity index (χ0v) is 9.60. The van der Waals surface area contributed by atoms with E-state index >= 15 is 0 Å². The molecule has 0 bridgehead atoms. The lowest BCUT2D eigenvalue weighted by Crippen LogP contribution is -1.89. The van der Waals surface area contributed by atoms with Crippen molar-refractivity contribution in [3.8, 4) is 0 Å². The fourth-order valence-corrected chi connectivity index (χ4v) is 1.32. The lowest BCUT2D eigenvalue weighted by atomic mass is 10.2. The van der Waals surface area contributed by atoms with Gasteiger partial charge in [-0.3, -0.25) is 10.1 Å². The monoisotopic (exact) mass is 239 g/mol. The van der Waals surface area contributed by atoms with E-state index in [2.05, 4.69) is 9.97 Å². The van der Waals surface area contributed by atoms with E-state index in [1.807, 2.05) is 13.8 Å². The van der Waals surface area contributed by atoms with Crippen LogP contribution in [0, 0.1) is 10.1 Å². The van der Waals surface area contributed by atoms with Crippen LogP contribution in [0.4, 0.5) is 5.69 Å². The normalized spacial score (nSPS) is 9.44. The van der Waals surface area contributed by atoms with Gasteiger partial charge in [0, 0.05) is 17.5 Å². The summed E-state index contributed by atoms with van der Waals surface area (Å²) < 4.78 is 0. The molecule has 0 atom stereocenters. The minimum absolute atomic E-state index is 0.0193. The van der Waals surface area contributed by atoms with Crippen molar-refractivity contribution in [1.29, 1.82) is 0 Å². The fourth-order valence-electron chi connectivity index (χ4n) is 1.13. The molecule has 16 heavy (non-hydrogen) atoms. The van der Waals surface area contributed by atoms with Gasteiger partial charge in [-0.25, -0.2) is 9.97 Å². The third-order valence-electron chi connectivity index (χ3n) is 1.78. The minimum Gasteiger partial charge on any atom is -0.258 e. The van der Waals surface area contributed by atoms with Crippen LogP contribution in [0.1, 0.15) is 13.8 Å². The van der Waals surface area contributed by atoms with Crippen molar-refractivity contribution in [2.24, 2.45) is 0 Å². The second-order valence-electron chi connectivity index (χ2n) is 2.62. The first kappa shape index (κ1) is 12.3. The van der Waals surface area contributed by atoms with Gasteiger partial charge in [0.2, 0.25) is 0 Å². The summed E-state index contributed by atoms with van der Waals surface area (Å²) in [5.41, 5.74) is 0.574. The first-order valence-electron chi connectivity index (χ1n) is 4.73. The van der Waals surface area contributed by atoms with Crippen molar-refractivity contribution in [2.45, 2.75) is 13.8 Å². The summed E-state index contributed by atoms with van der Waals surface area (Å²) in [5, 5.41) is 11.2. The first-order chi connectivity index (χ1) is 7.68. The third-order valence-corrected chi connectivity index (χ3v) is 2.08. The molecular formula is C10H10ClN3O2. The summed E-state index contributed by atoms with van der Waals surface area (Å²) in [6, 6.07) is 4.28. The molecule has 0 amide bonds. The van der Waals surface area contributed by atoms with Gasteiger partial charge in [0.05, 0.1) is 10.4 Å². The van der Waals surface area contributed by atoms with Gasteiger partial charge < -0.3 is 0 Å². The van der Waals surface area contributed by atoms with Gasteiger partial charge in [-0.15, -0.1) is 0 Å². The standard InChI is InChI=1S/C8H4ClN3O2.C2H6/c9-8-6-3-5(12(13)14)1-2-7(6)10-4-11-8;1-2/h1-4H;1-2H3. The Hall–Kier alpha value is -1.75. The van der Waals surface area contributed by atoms with E-state index in [-0.39, 0.29) is 10.8 Å². The summed E-state index contributed by atoms with van der Waals surface area (Å²) in [6.07, 6.45) is 1.32. The zero-order chi connectivity index (χ0) is 12.1. The molecule has 0 aliphatic heterocycles. The zero-order valence-electron chi connectivity index (χ0n) is 8.85. The molecule has 0 radical (unpaired) electrons. The van der Waals surface area contributed by atoms with Gasteiger partial charge in [0.25, 0.3) is 5.69 Å². The number of fused-ring (bicyclic) bond motifs is 1. The smallest absolute Gasteiger partial charge is 0.258 e. The second-order valence-corrected chi connectivity index (χ2v) is 2.98. The third kappa shape index (κ3) is 2.43. The van der Waals surface area contributed by atoms with Crippen molar-refractivity contribution in [3.63, 3.8) is 0 Å². The molecule has 2 rings (SSSR count). The van der Waals surface area contributed by atoms with Crippen LogP contribution < -0.4 is 0 Å². The van der Waals surface area contributed by atoms with Crippen molar-refractivity contribution < 1.29 is 4.92 Å². The Morgan fingerprint density at radius 2 is 2.00 bits per heavy atom. The predicted octanol–water partition coefficient (Wildman–Crippen LogP) is 3.22. The van der Waals surface area contributed by atoms with Gasteiger partial charge in [0.15, 0.2) is 0 Å². The van der Waals surface area contributed by atoms with Crippen molar-refractivity contribution in [3.05, 3.63) is 39.8 Å². The highest BCUT2D eigenvalue weighted by Crippen LogP contribution is 2.23. The second kappa shape index (κ2) is 5.37. The molecule has 84 valence electrons. The number of hydrogen-bond donors (Lipinski definition) is 0. The molecule has 0 aliphatic rings. The number of rotatable bonds is 1. The van der Waals surface area contributed by atoms with E-state index in [9.17, 15) is 10.1 Å². The van der Waals surface area contributed by atoms with Crippen LogP contribution in [0.15, 0.2) is 24.5 Å². The highest BCUT2D eigenvalue weighted by Gasteiger charge is 2.08. The molecular weight excluding hydrogens is 230 g/mol. The molecule has 0 unspecified atom stereocenters. The van der Waals surface area contributed by atoms with Crippen molar-refractivity contribution in [2.75, 3.05) is 0 Å². The van der Waals surface area contributed by atoms with Gasteiger partial charge in [-0.1, -0.05) is 25.4 Å². The molecule has 0 aliphatic carbocycles. The maximum Gasteiger partial charge on any atom is 0.270 e. The molecule has 1 aromatic carbocycles. The van der Waals surface area contributed by atoms with E-state index in [4.69, 9.17) is 11.6 Å². The SMILES string of the molecule is CC.O=[N+]([O-])c1ccc2ncnc(Cl)c2c1. The van der Waals surface area contributed by atoms with Crippen LogP contribution in [0.25, 0.3) is 10.9 Å². The average molecular weight is 240 g/mol. The van der Waals surface area contributed by atoms with E-state index in [1.165, 1.54) is 18.5 Å². The lowest BCUT2D eigenvalue weighted by molar-refractivity contribution is -0.384. The van der Waals surface area contributed by atoms with Crippen LogP contribution in [0.5, 0.6) is 0 Å². The quantitative estimate of drug-likeness (QED) is 0.435. The molecule has 1 aromatic heterocycles. The topological polar surface area (TPSA) is 68.9 Å². The van der Waals surface area contributed by atoms with E-state index in [0.717, 1.165) is 0 Å². The molecule has 0 fully saturated rings. The number of aromatic nitrogens is 2. The Balaban J connectivity index is 0.000000606.